The van der Waals surface area contributed by atoms with E-state index in [4.69, 9.17) is 16.2 Å². The van der Waals surface area contributed by atoms with Gasteiger partial charge in [-0.2, -0.15) is 4.98 Å². The van der Waals surface area contributed by atoms with Gasteiger partial charge in [-0.1, -0.05) is 18.2 Å². The van der Waals surface area contributed by atoms with Crippen molar-refractivity contribution in [3.63, 3.8) is 0 Å². The van der Waals surface area contributed by atoms with Gasteiger partial charge in [0.15, 0.2) is 0 Å². The summed E-state index contributed by atoms with van der Waals surface area (Å²) in [7, 11) is 1.50. The molecule has 4 rings (SSSR count). The van der Waals surface area contributed by atoms with E-state index in [-0.39, 0.29) is 35.4 Å². The van der Waals surface area contributed by atoms with Gasteiger partial charge in [0.05, 0.1) is 18.3 Å². The summed E-state index contributed by atoms with van der Waals surface area (Å²) in [5.74, 6) is -0.505. The molecule has 0 unspecified atom stereocenters. The van der Waals surface area contributed by atoms with E-state index >= 15 is 0 Å². The molecule has 0 saturated heterocycles. The number of halogens is 1. The van der Waals surface area contributed by atoms with E-state index in [0.29, 0.717) is 40.7 Å². The number of aryl methyl sites for hydroxylation is 1. The number of carboxylic acid groups (broad SMARTS) is 1. The topological polar surface area (TPSA) is 146 Å². The van der Waals surface area contributed by atoms with Crippen LogP contribution in [0.5, 0.6) is 5.75 Å². The molecule has 2 aromatic heterocycles. The molecule has 0 aliphatic carbocycles. The summed E-state index contributed by atoms with van der Waals surface area (Å²) in [6.07, 6.45) is 1.94. The minimum atomic E-state index is -1.30. The normalized spacial score (nSPS) is 10.6. The number of para-hydroxylation sites is 1. The number of carbonyl (C=O) groups is 1. The average Bonchev–Trinajstić information content (AvgIpc) is 2.80. The van der Waals surface area contributed by atoms with Crippen molar-refractivity contribution in [2.24, 2.45) is 0 Å². The Morgan fingerprint density at radius 2 is 1.91 bits per heavy atom. The monoisotopic (exact) mass is 481 g/mol. The van der Waals surface area contributed by atoms with E-state index in [1.165, 1.54) is 7.11 Å². The van der Waals surface area contributed by atoms with Crippen LogP contribution in [0.1, 0.15) is 28.4 Å². The van der Waals surface area contributed by atoms with Crippen LogP contribution in [0.2, 0.25) is 0 Å². The zero-order valence-electron chi connectivity index (χ0n) is 18.6. The number of methoxy groups -OCH3 is 1. The number of carboxylic acids is 1. The van der Waals surface area contributed by atoms with Gasteiger partial charge in [0.25, 0.3) is 0 Å². The van der Waals surface area contributed by atoms with Crippen LogP contribution in [-0.2, 0) is 13.0 Å². The van der Waals surface area contributed by atoms with Gasteiger partial charge in [0, 0.05) is 35.7 Å². The first-order valence-corrected chi connectivity index (χ1v) is 10.3. The number of hydrogen-bond donors (Lipinski definition) is 3. The second-order valence-corrected chi connectivity index (χ2v) is 7.47. The van der Waals surface area contributed by atoms with Crippen molar-refractivity contribution in [1.82, 2.24) is 14.5 Å². The maximum atomic E-state index is 13.2. The summed E-state index contributed by atoms with van der Waals surface area (Å²) in [5.41, 5.74) is 13.6. The highest BCUT2D eigenvalue weighted by atomic mass is 35.5. The molecule has 9 nitrogen and oxygen atoms in total. The lowest BCUT2D eigenvalue weighted by Crippen LogP contribution is -2.22. The molecule has 0 amide bonds. The standard InChI is InChI=1S/C24H23N5O4.ClH/c1-3-29-17-7-5-4-6-15(17)21(30)19(23(31)32)20(29)16-11-13(8-9-18(16)33-2)10-14-12-27-24(26)28-22(14)25;/h4-9,11-12H,3,10H2,1-2H3,(H,31,32)(H4,25,26,27,28);1H. The molecule has 34 heavy (non-hydrogen) atoms. The van der Waals surface area contributed by atoms with Crippen molar-refractivity contribution in [3.8, 4) is 17.0 Å². The molecular weight excluding hydrogens is 458 g/mol. The first kappa shape index (κ1) is 24.5. The molecule has 176 valence electrons. The lowest BCUT2D eigenvalue weighted by molar-refractivity contribution is 0.0696. The highest BCUT2D eigenvalue weighted by Crippen LogP contribution is 2.35. The van der Waals surface area contributed by atoms with Crippen LogP contribution in [0.25, 0.3) is 22.2 Å². The molecule has 0 spiro atoms. The molecule has 0 saturated carbocycles. The van der Waals surface area contributed by atoms with Crippen LogP contribution < -0.4 is 21.6 Å². The number of nitrogens with zero attached hydrogens (tertiary/aromatic N) is 3. The van der Waals surface area contributed by atoms with Gasteiger partial charge >= 0.3 is 5.97 Å². The first-order chi connectivity index (χ1) is 15.8. The number of hydrogen-bond acceptors (Lipinski definition) is 7. The molecule has 2 heterocycles. The van der Waals surface area contributed by atoms with Gasteiger partial charge in [-0.25, -0.2) is 9.78 Å². The van der Waals surface area contributed by atoms with Crippen molar-refractivity contribution in [3.05, 3.63) is 75.6 Å². The van der Waals surface area contributed by atoms with Crippen LogP contribution in [0.4, 0.5) is 11.8 Å². The third-order valence-corrected chi connectivity index (χ3v) is 5.53. The van der Waals surface area contributed by atoms with E-state index in [1.54, 1.807) is 36.5 Å². The van der Waals surface area contributed by atoms with E-state index in [9.17, 15) is 14.7 Å². The maximum absolute atomic E-state index is 13.2. The number of aromatic carboxylic acids is 1. The van der Waals surface area contributed by atoms with Gasteiger partial charge in [-0.3, -0.25) is 4.79 Å². The number of fused-ring (bicyclic) bond motifs is 1. The van der Waals surface area contributed by atoms with E-state index in [1.807, 2.05) is 23.6 Å². The fourth-order valence-electron chi connectivity index (χ4n) is 4.05. The number of pyridine rings is 1. The van der Waals surface area contributed by atoms with Crippen molar-refractivity contribution < 1.29 is 14.6 Å². The zero-order valence-corrected chi connectivity index (χ0v) is 19.4. The first-order valence-electron chi connectivity index (χ1n) is 10.3. The number of nitrogen functional groups attached to an aromatic ring is 2. The Kier molecular flexibility index (Phi) is 7.07. The molecule has 5 N–H and O–H groups in total. The molecule has 0 fully saturated rings. The highest BCUT2D eigenvalue weighted by molar-refractivity contribution is 6.00. The fraction of sp³-hybridized carbons (Fsp3) is 0.167. The Morgan fingerprint density at radius 1 is 1.18 bits per heavy atom. The molecule has 0 bridgehead atoms. The molecule has 10 heteroatoms. The molecule has 0 aliphatic rings. The lowest BCUT2D eigenvalue weighted by Gasteiger charge is -2.20. The number of aromatic nitrogens is 3. The summed E-state index contributed by atoms with van der Waals surface area (Å²) >= 11 is 0. The quantitative estimate of drug-likeness (QED) is 0.380. The number of nitrogens with two attached hydrogens (primary N) is 2. The molecule has 0 aliphatic heterocycles. The van der Waals surface area contributed by atoms with Gasteiger partial charge < -0.3 is 25.9 Å². The van der Waals surface area contributed by atoms with Gasteiger partial charge in [0.2, 0.25) is 11.4 Å². The van der Waals surface area contributed by atoms with Gasteiger partial charge in [-0.05, 0) is 36.8 Å². The summed E-state index contributed by atoms with van der Waals surface area (Å²) in [4.78, 5) is 33.5. The average molecular weight is 482 g/mol. The van der Waals surface area contributed by atoms with Crippen LogP contribution in [-0.4, -0.2) is 32.7 Å². The fourth-order valence-corrected chi connectivity index (χ4v) is 4.05. The number of rotatable bonds is 6. The minimum absolute atomic E-state index is 0. The van der Waals surface area contributed by atoms with Crippen molar-refractivity contribution in [2.45, 2.75) is 19.9 Å². The van der Waals surface area contributed by atoms with Crippen LogP contribution in [0, 0.1) is 0 Å². The lowest BCUT2D eigenvalue weighted by atomic mass is 9.97. The molecule has 4 aromatic rings. The second kappa shape index (κ2) is 9.80. The van der Waals surface area contributed by atoms with E-state index < -0.39 is 11.4 Å². The van der Waals surface area contributed by atoms with Crippen LogP contribution >= 0.6 is 12.4 Å². The largest absolute Gasteiger partial charge is 0.496 e. The zero-order chi connectivity index (χ0) is 23.7. The van der Waals surface area contributed by atoms with Gasteiger partial charge in [0.1, 0.15) is 17.1 Å². The van der Waals surface area contributed by atoms with E-state index in [2.05, 4.69) is 9.97 Å². The maximum Gasteiger partial charge on any atom is 0.341 e. The Morgan fingerprint density at radius 3 is 2.56 bits per heavy atom. The smallest absolute Gasteiger partial charge is 0.341 e. The minimum Gasteiger partial charge on any atom is -0.496 e. The summed E-state index contributed by atoms with van der Waals surface area (Å²) < 4.78 is 7.38. The molecule has 0 radical (unpaired) electrons. The second-order valence-electron chi connectivity index (χ2n) is 7.47. The molecular formula is C24H24ClN5O4. The predicted octanol–water partition coefficient (Wildman–Crippen LogP) is 3.36. The Hall–Kier alpha value is -4.11. The Balaban J connectivity index is 0.00000324. The highest BCUT2D eigenvalue weighted by Gasteiger charge is 2.25. The molecule has 2 aromatic carbocycles. The Labute approximate surface area is 201 Å². The summed E-state index contributed by atoms with van der Waals surface area (Å²) in [6, 6.07) is 12.4. The predicted molar refractivity (Wildman–Crippen MR) is 134 cm³/mol. The summed E-state index contributed by atoms with van der Waals surface area (Å²) in [6.45, 7) is 2.34. The van der Waals surface area contributed by atoms with E-state index in [0.717, 1.165) is 5.56 Å². The number of anilines is 2. The third-order valence-electron chi connectivity index (χ3n) is 5.53. The van der Waals surface area contributed by atoms with Gasteiger partial charge in [-0.15, -0.1) is 12.4 Å². The Bertz CT molecular complexity index is 1450. The third kappa shape index (κ3) is 4.25. The number of benzene rings is 2. The van der Waals surface area contributed by atoms with Crippen molar-refractivity contribution in [2.75, 3.05) is 18.6 Å². The van der Waals surface area contributed by atoms with Crippen LogP contribution in [0.3, 0.4) is 0 Å². The molecule has 0 atom stereocenters. The van der Waals surface area contributed by atoms with Crippen LogP contribution in [0.15, 0.2) is 53.5 Å². The SMILES string of the molecule is CCn1c(-c2cc(Cc3cnc(N)nc3N)ccc2OC)c(C(=O)O)c(=O)c2ccccc21.Cl. The number of ether oxygens (including phenoxy) is 1. The van der Waals surface area contributed by atoms with Crippen molar-refractivity contribution >= 4 is 41.0 Å². The van der Waals surface area contributed by atoms with Crippen molar-refractivity contribution in [1.29, 1.82) is 0 Å². The summed E-state index contributed by atoms with van der Waals surface area (Å²) in [5, 5.41) is 10.4.